The van der Waals surface area contributed by atoms with Crippen LogP contribution in [0.5, 0.6) is 0 Å². The van der Waals surface area contributed by atoms with E-state index in [0.717, 1.165) is 36.1 Å². The fourth-order valence-electron chi connectivity index (χ4n) is 3.68. The summed E-state index contributed by atoms with van der Waals surface area (Å²) in [5, 5.41) is 3.07. The molecule has 2 aromatic carbocycles. The third-order valence-corrected chi connectivity index (χ3v) is 5.41. The van der Waals surface area contributed by atoms with Crippen molar-refractivity contribution in [3.8, 4) is 11.1 Å². The number of benzene rings is 2. The molecule has 1 aliphatic heterocycles. The molecule has 4 rings (SSSR count). The molecule has 0 spiro atoms. The lowest BCUT2D eigenvalue weighted by atomic mass is 9.97. The third kappa shape index (κ3) is 4.80. The lowest BCUT2D eigenvalue weighted by molar-refractivity contribution is -0.125. The highest BCUT2D eigenvalue weighted by atomic mass is 16.1. The van der Waals surface area contributed by atoms with Gasteiger partial charge < -0.3 is 10.2 Å². The van der Waals surface area contributed by atoms with Crippen LogP contribution in [0, 0.1) is 12.8 Å². The highest BCUT2D eigenvalue weighted by Crippen LogP contribution is 2.23. The van der Waals surface area contributed by atoms with Gasteiger partial charge in [-0.15, -0.1) is 0 Å². The van der Waals surface area contributed by atoms with Gasteiger partial charge in [-0.25, -0.2) is 9.97 Å². The van der Waals surface area contributed by atoms with Crippen molar-refractivity contribution in [2.45, 2.75) is 26.3 Å². The van der Waals surface area contributed by atoms with Crippen LogP contribution in [0.15, 0.2) is 67.0 Å². The van der Waals surface area contributed by atoms with E-state index in [0.29, 0.717) is 19.0 Å². The van der Waals surface area contributed by atoms with E-state index < -0.39 is 0 Å². The van der Waals surface area contributed by atoms with E-state index in [1.165, 1.54) is 5.56 Å². The highest BCUT2D eigenvalue weighted by Gasteiger charge is 2.27. The number of hydrogen-bond donors (Lipinski definition) is 1. The molecule has 0 saturated carbocycles. The Bertz CT molecular complexity index is 939. The number of aryl methyl sites for hydroxylation is 1. The van der Waals surface area contributed by atoms with Crippen molar-refractivity contribution in [1.82, 2.24) is 15.3 Å². The first-order valence-electron chi connectivity index (χ1n) is 10.1. The summed E-state index contributed by atoms with van der Waals surface area (Å²) < 4.78 is 0. The van der Waals surface area contributed by atoms with Crippen LogP contribution < -0.4 is 10.2 Å². The number of aromatic nitrogens is 2. The summed E-state index contributed by atoms with van der Waals surface area (Å²) in [4.78, 5) is 23.9. The van der Waals surface area contributed by atoms with Crippen LogP contribution in [0.3, 0.4) is 0 Å². The van der Waals surface area contributed by atoms with Crippen LogP contribution in [0.4, 0.5) is 5.95 Å². The van der Waals surface area contributed by atoms with E-state index in [-0.39, 0.29) is 11.8 Å². The Balaban J connectivity index is 1.37. The monoisotopic (exact) mass is 386 g/mol. The lowest BCUT2D eigenvalue weighted by Gasteiger charge is -2.32. The summed E-state index contributed by atoms with van der Waals surface area (Å²) >= 11 is 0. The van der Waals surface area contributed by atoms with Gasteiger partial charge in [0.2, 0.25) is 11.9 Å². The number of piperidine rings is 1. The Kier molecular flexibility index (Phi) is 5.84. The number of anilines is 1. The van der Waals surface area contributed by atoms with Gasteiger partial charge in [-0.05, 0) is 30.9 Å². The van der Waals surface area contributed by atoms with Crippen LogP contribution in [0.1, 0.15) is 24.0 Å². The first-order valence-corrected chi connectivity index (χ1v) is 10.1. The largest absolute Gasteiger partial charge is 0.352 e. The Morgan fingerprint density at radius 2 is 1.76 bits per heavy atom. The second kappa shape index (κ2) is 8.86. The maximum atomic E-state index is 12.6. The minimum absolute atomic E-state index is 0.0344. The van der Waals surface area contributed by atoms with E-state index >= 15 is 0 Å². The van der Waals surface area contributed by atoms with Gasteiger partial charge in [0.05, 0.1) is 5.92 Å². The number of nitrogens with one attached hydrogen (secondary N) is 1. The molecule has 2 heterocycles. The van der Waals surface area contributed by atoms with Crippen LogP contribution in [-0.4, -0.2) is 29.0 Å². The second-order valence-electron chi connectivity index (χ2n) is 7.63. The summed E-state index contributed by atoms with van der Waals surface area (Å²) in [5.41, 5.74) is 4.46. The van der Waals surface area contributed by atoms with Crippen molar-refractivity contribution in [3.05, 3.63) is 78.1 Å². The van der Waals surface area contributed by atoms with E-state index in [4.69, 9.17) is 0 Å². The van der Waals surface area contributed by atoms with Crippen molar-refractivity contribution in [1.29, 1.82) is 0 Å². The van der Waals surface area contributed by atoms with Crippen LogP contribution in [0.25, 0.3) is 11.1 Å². The van der Waals surface area contributed by atoms with Crippen molar-refractivity contribution < 1.29 is 4.79 Å². The Hall–Kier alpha value is -3.21. The van der Waals surface area contributed by atoms with E-state index in [9.17, 15) is 4.79 Å². The Labute approximate surface area is 171 Å². The average Bonchev–Trinajstić information content (AvgIpc) is 2.79. The van der Waals surface area contributed by atoms with Crippen molar-refractivity contribution in [3.63, 3.8) is 0 Å². The number of hydrogen-bond acceptors (Lipinski definition) is 4. The van der Waals surface area contributed by atoms with Gasteiger partial charge in [0.25, 0.3) is 0 Å². The molecule has 5 nitrogen and oxygen atoms in total. The normalized spacial score (nSPS) is 16.4. The van der Waals surface area contributed by atoms with Gasteiger partial charge >= 0.3 is 0 Å². The first-order chi connectivity index (χ1) is 14.2. The minimum atomic E-state index is -0.0344. The van der Waals surface area contributed by atoms with Gasteiger partial charge in [-0.1, -0.05) is 60.2 Å². The number of amides is 1. The average molecular weight is 386 g/mol. The number of nitrogens with zero attached hydrogens (tertiary/aromatic N) is 3. The first kappa shape index (κ1) is 19.1. The zero-order valence-corrected chi connectivity index (χ0v) is 16.7. The molecule has 1 aliphatic rings. The quantitative estimate of drug-likeness (QED) is 0.720. The van der Waals surface area contributed by atoms with E-state index in [2.05, 4.69) is 51.4 Å². The second-order valence-corrected chi connectivity index (χ2v) is 7.63. The van der Waals surface area contributed by atoms with E-state index in [1.807, 2.05) is 42.7 Å². The summed E-state index contributed by atoms with van der Waals surface area (Å²) in [6.07, 6.45) is 5.60. The molecule has 0 bridgehead atoms. The zero-order chi connectivity index (χ0) is 20.1. The number of carbonyl (C=O) groups excluding carboxylic acids is 1. The van der Waals surface area contributed by atoms with Crippen LogP contribution in [0.2, 0.25) is 0 Å². The lowest BCUT2D eigenvalue weighted by Crippen LogP contribution is -2.43. The van der Waals surface area contributed by atoms with Gasteiger partial charge in [-0.2, -0.15) is 0 Å². The maximum absolute atomic E-state index is 12.6. The SMILES string of the molecule is Cc1ccc(-c2cnc(N3CCC[C@@H](C(=O)NCc4ccccc4)C3)nc2)cc1. The molecular formula is C24H26N4O. The molecule has 1 atom stereocenters. The van der Waals surface area contributed by atoms with Gasteiger partial charge in [0.1, 0.15) is 0 Å². The molecular weight excluding hydrogens is 360 g/mol. The van der Waals surface area contributed by atoms with Crippen molar-refractivity contribution in [2.75, 3.05) is 18.0 Å². The fourth-order valence-corrected chi connectivity index (χ4v) is 3.68. The van der Waals surface area contributed by atoms with E-state index in [1.54, 1.807) is 0 Å². The molecule has 1 fully saturated rings. The third-order valence-electron chi connectivity index (χ3n) is 5.41. The van der Waals surface area contributed by atoms with Gasteiger partial charge in [0.15, 0.2) is 0 Å². The Morgan fingerprint density at radius 3 is 2.48 bits per heavy atom. The molecule has 1 amide bonds. The van der Waals surface area contributed by atoms with Crippen LogP contribution >= 0.6 is 0 Å². The summed E-state index contributed by atoms with van der Waals surface area (Å²) in [5.74, 6) is 0.768. The molecule has 3 aromatic rings. The topological polar surface area (TPSA) is 58.1 Å². The van der Waals surface area contributed by atoms with Crippen molar-refractivity contribution in [2.24, 2.45) is 5.92 Å². The minimum Gasteiger partial charge on any atom is -0.352 e. The zero-order valence-electron chi connectivity index (χ0n) is 16.7. The molecule has 29 heavy (non-hydrogen) atoms. The Morgan fingerprint density at radius 1 is 1.03 bits per heavy atom. The fraction of sp³-hybridized carbons (Fsp3) is 0.292. The van der Waals surface area contributed by atoms with Gasteiger partial charge in [0, 0.05) is 37.6 Å². The molecule has 1 N–H and O–H groups in total. The summed E-state index contributed by atoms with van der Waals surface area (Å²) in [6.45, 7) is 4.18. The molecule has 1 aromatic heterocycles. The molecule has 0 unspecified atom stereocenters. The number of rotatable bonds is 5. The molecule has 0 aliphatic carbocycles. The molecule has 5 heteroatoms. The molecule has 148 valence electrons. The summed E-state index contributed by atoms with van der Waals surface area (Å²) in [6, 6.07) is 18.4. The predicted molar refractivity (Wildman–Crippen MR) is 115 cm³/mol. The summed E-state index contributed by atoms with van der Waals surface area (Å²) in [7, 11) is 0. The maximum Gasteiger partial charge on any atom is 0.225 e. The van der Waals surface area contributed by atoms with Crippen molar-refractivity contribution >= 4 is 11.9 Å². The molecule has 1 saturated heterocycles. The smallest absolute Gasteiger partial charge is 0.225 e. The molecule has 0 radical (unpaired) electrons. The van der Waals surface area contributed by atoms with Crippen LogP contribution in [-0.2, 0) is 11.3 Å². The number of carbonyl (C=O) groups is 1. The predicted octanol–water partition coefficient (Wildman–Crippen LogP) is 3.98. The van der Waals surface area contributed by atoms with Gasteiger partial charge in [-0.3, -0.25) is 4.79 Å². The standard InChI is InChI=1S/C24H26N4O/c1-18-9-11-20(12-10-18)22-15-26-24(27-16-22)28-13-5-8-21(17-28)23(29)25-14-19-6-3-2-4-7-19/h2-4,6-7,9-12,15-16,21H,5,8,13-14,17H2,1H3,(H,25,29)/t21-/m1/s1. The highest BCUT2D eigenvalue weighted by molar-refractivity contribution is 5.79.